The van der Waals surface area contributed by atoms with Gasteiger partial charge in [0.15, 0.2) is 6.04 Å². The lowest BCUT2D eigenvalue weighted by molar-refractivity contribution is -0.120. The summed E-state index contributed by atoms with van der Waals surface area (Å²) in [5, 5.41) is 11.3. The van der Waals surface area contributed by atoms with Crippen LogP contribution < -0.4 is 5.32 Å². The second-order valence-electron chi connectivity index (χ2n) is 5.58. The molecule has 2 heterocycles. The minimum absolute atomic E-state index is 0.0345. The number of carboxylic acid groups (broad SMARTS) is 1. The lowest BCUT2D eigenvalue weighted by Crippen LogP contribution is -2.36. The molecule has 0 saturated carbocycles. The molecule has 0 bridgehead atoms. The van der Waals surface area contributed by atoms with E-state index >= 15 is 0 Å². The zero-order chi connectivity index (χ0) is 17.1. The van der Waals surface area contributed by atoms with Crippen molar-refractivity contribution in [3.05, 3.63) is 46.7 Å². The highest BCUT2D eigenvalue weighted by Crippen LogP contribution is 2.24. The number of aliphatic imine (C=N–C) groups is 2. The highest BCUT2D eigenvalue weighted by molar-refractivity contribution is 6.02. The van der Waals surface area contributed by atoms with Crippen molar-refractivity contribution in [2.24, 2.45) is 9.98 Å². The zero-order valence-corrected chi connectivity index (χ0v) is 12.7. The van der Waals surface area contributed by atoms with Crippen molar-refractivity contribution in [2.75, 3.05) is 0 Å². The maximum Gasteiger partial charge on any atom is 0.335 e. The highest BCUT2D eigenvalue weighted by Gasteiger charge is 2.30. The van der Waals surface area contributed by atoms with E-state index < -0.39 is 12.0 Å². The van der Waals surface area contributed by atoms with Crippen molar-refractivity contribution in [1.82, 2.24) is 5.32 Å². The van der Waals surface area contributed by atoms with Gasteiger partial charge in [0.25, 0.3) is 5.91 Å². The van der Waals surface area contributed by atoms with Crippen LogP contribution in [0, 0.1) is 0 Å². The third-order valence-electron chi connectivity index (χ3n) is 3.90. The normalized spacial score (nSPS) is 18.5. The number of nitrogens with one attached hydrogen (secondary N) is 1. The van der Waals surface area contributed by atoms with Gasteiger partial charge in [-0.05, 0) is 29.7 Å². The first-order valence-corrected chi connectivity index (χ1v) is 7.47. The predicted octanol–water partition coefficient (Wildman–Crippen LogP) is 1.14. The molecule has 0 radical (unpaired) electrons. The van der Waals surface area contributed by atoms with E-state index in [4.69, 9.17) is 5.11 Å². The number of carboxylic acids is 1. The summed E-state index contributed by atoms with van der Waals surface area (Å²) >= 11 is 0. The summed E-state index contributed by atoms with van der Waals surface area (Å²) in [6, 6.07) is 5.67. The molecule has 0 aliphatic carbocycles. The molecule has 1 aromatic carbocycles. The Morgan fingerprint density at radius 2 is 1.96 bits per heavy atom. The van der Waals surface area contributed by atoms with Gasteiger partial charge in [-0.15, -0.1) is 0 Å². The SMILES string of the molecule is O=C(CCC1=C2N=CNC(=O)[C@@H]2N=C1)Cc1ccc(C(=O)O)cc1. The minimum Gasteiger partial charge on any atom is -0.478 e. The van der Waals surface area contributed by atoms with Crippen LogP contribution in [-0.2, 0) is 16.0 Å². The Bertz CT molecular complexity index is 791. The quantitative estimate of drug-likeness (QED) is 0.817. The van der Waals surface area contributed by atoms with Gasteiger partial charge in [-0.25, -0.2) is 9.79 Å². The van der Waals surface area contributed by atoms with Gasteiger partial charge in [0.05, 0.1) is 17.6 Å². The molecule has 3 rings (SSSR count). The molecule has 0 saturated heterocycles. The van der Waals surface area contributed by atoms with Crippen molar-refractivity contribution in [2.45, 2.75) is 25.3 Å². The maximum absolute atomic E-state index is 12.1. The van der Waals surface area contributed by atoms with Gasteiger partial charge in [-0.3, -0.25) is 14.6 Å². The third-order valence-corrected chi connectivity index (χ3v) is 3.90. The van der Waals surface area contributed by atoms with Gasteiger partial charge in [-0.2, -0.15) is 0 Å². The van der Waals surface area contributed by atoms with Crippen molar-refractivity contribution in [3.8, 4) is 0 Å². The number of allylic oxidation sites excluding steroid dienone is 1. The lowest BCUT2D eigenvalue weighted by atomic mass is 10.0. The number of fused-ring (bicyclic) bond motifs is 1. The van der Waals surface area contributed by atoms with Crippen LogP contribution in [0.4, 0.5) is 0 Å². The van der Waals surface area contributed by atoms with Crippen molar-refractivity contribution in [3.63, 3.8) is 0 Å². The number of amides is 1. The van der Waals surface area contributed by atoms with Gasteiger partial charge in [0.1, 0.15) is 5.78 Å². The van der Waals surface area contributed by atoms with E-state index in [0.29, 0.717) is 18.5 Å². The molecule has 122 valence electrons. The van der Waals surface area contributed by atoms with Crippen molar-refractivity contribution < 1.29 is 19.5 Å². The Balaban J connectivity index is 1.58. The molecule has 0 fully saturated rings. The Morgan fingerprint density at radius 1 is 1.21 bits per heavy atom. The zero-order valence-electron chi connectivity index (χ0n) is 12.7. The van der Waals surface area contributed by atoms with Gasteiger partial charge in [0.2, 0.25) is 0 Å². The molecule has 2 aliphatic heterocycles. The van der Waals surface area contributed by atoms with Crippen LogP contribution in [-0.4, -0.2) is 41.4 Å². The van der Waals surface area contributed by atoms with E-state index in [1.807, 2.05) is 0 Å². The number of carbonyl (C=O) groups excluding carboxylic acids is 2. The monoisotopic (exact) mass is 325 g/mol. The maximum atomic E-state index is 12.1. The van der Waals surface area contributed by atoms with Gasteiger partial charge in [-0.1, -0.05) is 12.1 Å². The summed E-state index contributed by atoms with van der Waals surface area (Å²) in [5.74, 6) is -1.17. The molecule has 7 heteroatoms. The smallest absolute Gasteiger partial charge is 0.335 e. The Labute approximate surface area is 137 Å². The van der Waals surface area contributed by atoms with Crippen molar-refractivity contribution >= 4 is 30.2 Å². The summed E-state index contributed by atoms with van der Waals surface area (Å²) in [5.41, 5.74) is 2.38. The molecule has 0 unspecified atom stereocenters. The van der Waals surface area contributed by atoms with Crippen LogP contribution >= 0.6 is 0 Å². The Kier molecular flexibility index (Phi) is 4.33. The number of benzene rings is 1. The fourth-order valence-corrected chi connectivity index (χ4v) is 2.61. The molecule has 0 spiro atoms. The summed E-state index contributed by atoms with van der Waals surface area (Å²) in [7, 11) is 0. The molecule has 1 amide bonds. The number of rotatable bonds is 6. The molecule has 2 aliphatic rings. The molecule has 1 aromatic rings. The minimum atomic E-state index is -0.992. The van der Waals surface area contributed by atoms with Gasteiger partial charge >= 0.3 is 5.97 Å². The first-order valence-electron chi connectivity index (χ1n) is 7.47. The number of nitrogens with zero attached hydrogens (tertiary/aromatic N) is 2. The summed E-state index contributed by atoms with van der Waals surface area (Å²) in [6.07, 6.45) is 3.99. The fraction of sp³-hybridized carbons (Fsp3) is 0.235. The van der Waals surface area contributed by atoms with E-state index in [9.17, 15) is 14.4 Å². The van der Waals surface area contributed by atoms with Crippen LogP contribution in [0.5, 0.6) is 0 Å². The predicted molar refractivity (Wildman–Crippen MR) is 87.3 cm³/mol. The van der Waals surface area contributed by atoms with E-state index in [2.05, 4.69) is 15.3 Å². The topological polar surface area (TPSA) is 108 Å². The summed E-state index contributed by atoms with van der Waals surface area (Å²) in [6.45, 7) is 0. The number of carbonyl (C=O) groups is 3. The van der Waals surface area contributed by atoms with Crippen LogP contribution in [0.15, 0.2) is 45.5 Å². The largest absolute Gasteiger partial charge is 0.478 e. The van der Waals surface area contributed by atoms with Crippen molar-refractivity contribution in [1.29, 1.82) is 0 Å². The summed E-state index contributed by atoms with van der Waals surface area (Å²) in [4.78, 5) is 42.8. The number of hydrogen-bond acceptors (Lipinski definition) is 5. The molecular formula is C17H15N3O4. The lowest BCUT2D eigenvalue weighted by Gasteiger charge is -2.13. The van der Waals surface area contributed by atoms with Crippen LogP contribution in [0.3, 0.4) is 0 Å². The van der Waals surface area contributed by atoms with Gasteiger partial charge in [0, 0.05) is 19.1 Å². The van der Waals surface area contributed by atoms with Crippen LogP contribution in [0.1, 0.15) is 28.8 Å². The first-order chi connectivity index (χ1) is 11.5. The summed E-state index contributed by atoms with van der Waals surface area (Å²) < 4.78 is 0. The molecule has 1 atom stereocenters. The number of aromatic carboxylic acids is 1. The molecule has 7 nitrogen and oxygen atoms in total. The van der Waals surface area contributed by atoms with E-state index in [1.165, 1.54) is 18.5 Å². The highest BCUT2D eigenvalue weighted by atomic mass is 16.4. The molecule has 2 N–H and O–H groups in total. The molecule has 24 heavy (non-hydrogen) atoms. The molecule has 0 aromatic heterocycles. The third kappa shape index (κ3) is 3.29. The van der Waals surface area contributed by atoms with E-state index in [-0.39, 0.29) is 23.7 Å². The van der Waals surface area contributed by atoms with Crippen LogP contribution in [0.25, 0.3) is 0 Å². The average molecular weight is 325 g/mol. The van der Waals surface area contributed by atoms with E-state index in [1.54, 1.807) is 18.3 Å². The molecular weight excluding hydrogens is 310 g/mol. The fourth-order valence-electron chi connectivity index (χ4n) is 2.61. The second kappa shape index (κ2) is 6.57. The average Bonchev–Trinajstić information content (AvgIpc) is 2.98. The Hall–Kier alpha value is -3.09. The Morgan fingerprint density at radius 3 is 2.67 bits per heavy atom. The number of Topliss-reactive ketones (excluding diaryl/α,β-unsaturated/α-hetero) is 1. The van der Waals surface area contributed by atoms with E-state index in [0.717, 1.165) is 11.1 Å². The van der Waals surface area contributed by atoms with Gasteiger partial charge < -0.3 is 10.4 Å². The van der Waals surface area contributed by atoms with Crippen LogP contribution in [0.2, 0.25) is 0 Å². The number of hydrogen-bond donors (Lipinski definition) is 2. The number of ketones is 1. The second-order valence-corrected chi connectivity index (χ2v) is 5.58. The first kappa shape index (κ1) is 15.8. The standard InChI is InChI=1S/C17H15N3O4/c21-13(7-10-1-3-11(4-2-10)17(23)24)6-5-12-8-18-15-14(12)19-9-20-16(15)22/h1-4,8-9,15H,5-7H2,(H,23,24)(H,19,20,22)/t15-/m1/s1.